The Morgan fingerprint density at radius 1 is 0.600 bits per heavy atom. The number of hydrogen-bond donors (Lipinski definition) is 1. The lowest BCUT2D eigenvalue weighted by atomic mass is 9.99. The highest BCUT2D eigenvalue weighted by Crippen LogP contribution is 2.61. The Labute approximate surface area is 191 Å². The van der Waals surface area contributed by atoms with Gasteiger partial charge in [0.05, 0.1) is 30.6 Å². The molecule has 0 spiro atoms. The average molecular weight is 446 g/mol. The van der Waals surface area contributed by atoms with E-state index >= 15 is 0 Å². The molecule has 0 aliphatic rings. The lowest BCUT2D eigenvalue weighted by molar-refractivity contribution is -0.142. The van der Waals surface area contributed by atoms with Gasteiger partial charge in [-0.15, -0.1) is 0 Å². The molecule has 0 saturated carbocycles. The molecule has 0 bridgehead atoms. The molecule has 0 heterocycles. The van der Waals surface area contributed by atoms with Gasteiger partial charge in [-0.3, -0.25) is 4.79 Å². The minimum atomic E-state index is -0.636. The zero-order valence-corrected chi connectivity index (χ0v) is 22.7. The van der Waals surface area contributed by atoms with Gasteiger partial charge in [-0.2, -0.15) is 0 Å². The van der Waals surface area contributed by atoms with Gasteiger partial charge in [-0.05, 0) is 44.9 Å². The fourth-order valence-electron chi connectivity index (χ4n) is 4.17. The van der Waals surface area contributed by atoms with Crippen LogP contribution in [0.3, 0.4) is 0 Å². The van der Waals surface area contributed by atoms with Crippen LogP contribution in [-0.2, 0) is 4.79 Å². The number of hydrogen-bond acceptors (Lipinski definition) is 1. The van der Waals surface area contributed by atoms with Crippen molar-refractivity contribution in [2.45, 2.75) is 138 Å². The van der Waals surface area contributed by atoms with Crippen molar-refractivity contribution in [1.82, 2.24) is 0 Å². The van der Waals surface area contributed by atoms with Crippen LogP contribution in [0.25, 0.3) is 0 Å². The predicted molar refractivity (Wildman–Crippen MR) is 141 cm³/mol. The molecule has 30 heavy (non-hydrogen) atoms. The molecule has 0 fully saturated rings. The quantitative estimate of drug-likeness (QED) is 0.149. The molecule has 1 N–H and O–H groups in total. The number of unbranched alkanes of at least 4 members (excludes halogenated alkanes) is 8. The fourth-order valence-corrected chi connectivity index (χ4v) is 9.37. The number of carboxylic acid groups (broad SMARTS) is 1. The third kappa shape index (κ3) is 18.7. The number of carboxylic acids is 1. The summed E-state index contributed by atoms with van der Waals surface area (Å²) in [5.74, 6) is -0.745. The second kappa shape index (κ2) is 23.6. The van der Waals surface area contributed by atoms with Crippen molar-refractivity contribution >= 4 is 13.2 Å². The van der Waals surface area contributed by atoms with E-state index in [1.165, 1.54) is 64.2 Å². The number of carbonyl (C=O) groups is 1. The first-order chi connectivity index (χ1) is 14.5. The fraction of sp³-hybridized carbons (Fsp3) is 0.963. The molecular weight excluding hydrogens is 387 g/mol. The molecule has 0 aromatic carbocycles. The standard InChI is InChI=1S/C18H40P.C9H18O2/c1-5-9-13-14-18-19(15-10-6-2,16-11-7-3)17-12-8-4;1-3-5-6-7-8(4-2)9(10)11/h5-18H2,1-4H3;8H,3-7H2,1-2H3,(H,10,11)/q+1;. The van der Waals surface area contributed by atoms with Crippen molar-refractivity contribution < 1.29 is 9.90 Å². The van der Waals surface area contributed by atoms with Gasteiger partial charge in [-0.1, -0.05) is 92.9 Å². The molecule has 1 atom stereocenters. The molecule has 0 amide bonds. The second-order valence-electron chi connectivity index (χ2n) is 9.30. The first-order valence-corrected chi connectivity index (χ1v) is 16.1. The van der Waals surface area contributed by atoms with Gasteiger partial charge in [0.15, 0.2) is 0 Å². The topological polar surface area (TPSA) is 37.3 Å². The Balaban J connectivity index is 0. The van der Waals surface area contributed by atoms with Gasteiger partial charge in [0.1, 0.15) is 0 Å². The van der Waals surface area contributed by atoms with Gasteiger partial charge in [0.2, 0.25) is 0 Å². The van der Waals surface area contributed by atoms with Crippen LogP contribution in [0, 0.1) is 5.92 Å². The molecule has 1 unspecified atom stereocenters. The van der Waals surface area contributed by atoms with Gasteiger partial charge < -0.3 is 5.11 Å². The van der Waals surface area contributed by atoms with E-state index in [2.05, 4.69) is 34.6 Å². The van der Waals surface area contributed by atoms with E-state index in [4.69, 9.17) is 5.11 Å². The first kappa shape index (κ1) is 32.1. The number of aliphatic carboxylic acids is 1. The molecule has 0 aromatic rings. The van der Waals surface area contributed by atoms with Crippen LogP contribution in [0.15, 0.2) is 0 Å². The molecule has 0 aromatic heterocycles. The maximum atomic E-state index is 10.5. The molecule has 0 rings (SSSR count). The normalized spacial score (nSPS) is 12.3. The molecule has 0 aliphatic heterocycles. The molecule has 0 saturated heterocycles. The van der Waals surface area contributed by atoms with Crippen molar-refractivity contribution in [1.29, 1.82) is 0 Å². The van der Waals surface area contributed by atoms with Crippen molar-refractivity contribution in [2.75, 3.05) is 24.6 Å². The van der Waals surface area contributed by atoms with Crippen molar-refractivity contribution in [2.24, 2.45) is 5.92 Å². The van der Waals surface area contributed by atoms with E-state index in [1.807, 2.05) is 6.92 Å². The minimum absolute atomic E-state index is 0.110. The van der Waals surface area contributed by atoms with E-state index in [-0.39, 0.29) is 5.92 Å². The van der Waals surface area contributed by atoms with Crippen molar-refractivity contribution in [3.63, 3.8) is 0 Å². The highest BCUT2D eigenvalue weighted by atomic mass is 31.2. The Bertz CT molecular complexity index is 335. The molecular formula is C27H58O2P+. The van der Waals surface area contributed by atoms with Crippen LogP contribution < -0.4 is 0 Å². The van der Waals surface area contributed by atoms with Gasteiger partial charge in [0, 0.05) is 7.26 Å². The van der Waals surface area contributed by atoms with E-state index < -0.39 is 13.2 Å². The monoisotopic (exact) mass is 445 g/mol. The van der Waals surface area contributed by atoms with Gasteiger partial charge in [0.25, 0.3) is 0 Å². The summed E-state index contributed by atoms with van der Waals surface area (Å²) in [7, 11) is -0.586. The van der Waals surface area contributed by atoms with E-state index in [1.54, 1.807) is 24.6 Å². The Hall–Kier alpha value is -0.100. The maximum absolute atomic E-state index is 10.5. The third-order valence-corrected chi connectivity index (χ3v) is 11.5. The second-order valence-corrected chi connectivity index (χ2v) is 13.8. The van der Waals surface area contributed by atoms with Crippen LogP contribution >= 0.6 is 7.26 Å². The lowest BCUT2D eigenvalue weighted by Crippen LogP contribution is -2.12. The Morgan fingerprint density at radius 3 is 1.37 bits per heavy atom. The van der Waals surface area contributed by atoms with Crippen molar-refractivity contribution in [3.05, 3.63) is 0 Å². The molecule has 182 valence electrons. The molecule has 0 radical (unpaired) electrons. The summed E-state index contributed by atoms with van der Waals surface area (Å²) < 4.78 is 0. The highest BCUT2D eigenvalue weighted by molar-refractivity contribution is 7.75. The van der Waals surface area contributed by atoms with Crippen molar-refractivity contribution in [3.8, 4) is 0 Å². The van der Waals surface area contributed by atoms with Gasteiger partial charge >= 0.3 is 5.97 Å². The summed E-state index contributed by atoms with van der Waals surface area (Å²) in [4.78, 5) is 10.5. The number of rotatable bonds is 20. The zero-order valence-electron chi connectivity index (χ0n) is 21.8. The van der Waals surface area contributed by atoms with E-state index in [9.17, 15) is 4.79 Å². The summed E-state index contributed by atoms with van der Waals surface area (Å²) in [5, 5.41) is 8.67. The van der Waals surface area contributed by atoms with Crippen LogP contribution in [0.4, 0.5) is 0 Å². The smallest absolute Gasteiger partial charge is 0.306 e. The van der Waals surface area contributed by atoms with Crippen LogP contribution in [0.2, 0.25) is 0 Å². The zero-order chi connectivity index (χ0) is 23.1. The molecule has 0 aliphatic carbocycles. The van der Waals surface area contributed by atoms with Gasteiger partial charge in [-0.25, -0.2) is 0 Å². The summed E-state index contributed by atoms with van der Waals surface area (Å²) in [6, 6.07) is 0. The summed E-state index contributed by atoms with van der Waals surface area (Å²) in [5.41, 5.74) is 0. The summed E-state index contributed by atoms with van der Waals surface area (Å²) in [6.45, 7) is 13.5. The van der Waals surface area contributed by atoms with Crippen LogP contribution in [0.1, 0.15) is 138 Å². The lowest BCUT2D eigenvalue weighted by Gasteiger charge is -2.28. The maximum Gasteiger partial charge on any atom is 0.306 e. The Morgan fingerprint density at radius 2 is 1.00 bits per heavy atom. The van der Waals surface area contributed by atoms with Crippen LogP contribution in [-0.4, -0.2) is 35.7 Å². The molecule has 3 heteroatoms. The Kier molecular flexibility index (Phi) is 25.2. The largest absolute Gasteiger partial charge is 0.481 e. The average Bonchev–Trinajstić information content (AvgIpc) is 2.75. The van der Waals surface area contributed by atoms with E-state index in [0.29, 0.717) is 0 Å². The highest BCUT2D eigenvalue weighted by Gasteiger charge is 2.34. The third-order valence-electron chi connectivity index (χ3n) is 6.44. The molecule has 2 nitrogen and oxygen atoms in total. The summed E-state index contributed by atoms with van der Waals surface area (Å²) >= 11 is 0. The summed E-state index contributed by atoms with van der Waals surface area (Å²) in [6.07, 6.45) is 26.0. The first-order valence-electron chi connectivity index (χ1n) is 13.5. The van der Waals surface area contributed by atoms with E-state index in [0.717, 1.165) is 32.1 Å². The van der Waals surface area contributed by atoms with Crippen LogP contribution in [0.5, 0.6) is 0 Å². The SMILES string of the molecule is CCCCCC(CC)C(=O)O.CCCCCC[P+](CCCC)(CCCC)CCCC. The predicted octanol–water partition coefficient (Wildman–Crippen LogP) is 9.66. The minimum Gasteiger partial charge on any atom is -0.481 e.